The van der Waals surface area contributed by atoms with Crippen LogP contribution in [0.5, 0.6) is 0 Å². The van der Waals surface area contributed by atoms with E-state index in [1.807, 2.05) is 55.6 Å². The van der Waals surface area contributed by atoms with Crippen LogP contribution in [0, 0.1) is 20.8 Å². The third kappa shape index (κ3) is 2.81. The Labute approximate surface area is 156 Å². The molecule has 0 bridgehead atoms. The van der Waals surface area contributed by atoms with E-state index in [0.29, 0.717) is 12.2 Å². The van der Waals surface area contributed by atoms with E-state index in [-0.39, 0.29) is 12.5 Å². The summed E-state index contributed by atoms with van der Waals surface area (Å²) < 4.78 is 6.91. The molecule has 3 aromatic rings. The zero-order valence-electron chi connectivity index (χ0n) is 15.4. The van der Waals surface area contributed by atoms with Crippen LogP contribution in [0.1, 0.15) is 22.5 Å². The number of pyridine rings is 1. The van der Waals surface area contributed by atoms with Gasteiger partial charge in [-0.15, -0.1) is 0 Å². The summed E-state index contributed by atoms with van der Waals surface area (Å²) in [4.78, 5) is 29.8. The number of aromatic nitrogens is 2. The molecule has 27 heavy (non-hydrogen) atoms. The molecule has 7 nitrogen and oxygen atoms in total. The highest BCUT2D eigenvalue weighted by molar-refractivity contribution is 6.17. The smallest absolute Gasteiger partial charge is 0.421 e. The first kappa shape index (κ1) is 17.1. The van der Waals surface area contributed by atoms with Gasteiger partial charge in [-0.3, -0.25) is 4.79 Å². The molecule has 1 aromatic carbocycles. The SMILES string of the molecule is Cc1cccc(N2C(=O)COC2=O)c1CNc1cccn2c(C)c(C)nc12. The quantitative estimate of drug-likeness (QED) is 0.768. The molecule has 0 saturated carbocycles. The number of nitrogens with zero attached hydrogens (tertiary/aromatic N) is 3. The van der Waals surface area contributed by atoms with E-state index >= 15 is 0 Å². The van der Waals surface area contributed by atoms with Gasteiger partial charge < -0.3 is 14.5 Å². The summed E-state index contributed by atoms with van der Waals surface area (Å²) in [6.07, 6.45) is 1.35. The van der Waals surface area contributed by atoms with Gasteiger partial charge in [0.1, 0.15) is 0 Å². The lowest BCUT2D eigenvalue weighted by Gasteiger charge is -2.19. The van der Waals surface area contributed by atoms with Crippen molar-refractivity contribution >= 4 is 29.0 Å². The number of hydrogen-bond donors (Lipinski definition) is 1. The number of nitrogens with one attached hydrogen (secondary N) is 1. The van der Waals surface area contributed by atoms with Crippen molar-refractivity contribution in [1.29, 1.82) is 0 Å². The zero-order chi connectivity index (χ0) is 19.1. The molecule has 1 N–H and O–H groups in total. The number of amides is 2. The standard InChI is InChI=1S/C20H20N4O3/c1-12-6-4-8-17(24-18(25)11-27-20(24)26)15(12)10-21-16-7-5-9-23-14(3)13(2)22-19(16)23/h4-9,21H,10-11H2,1-3H3. The molecule has 4 rings (SSSR count). The normalized spacial score (nSPS) is 14.1. The molecular weight excluding hydrogens is 344 g/mol. The fraction of sp³-hybridized carbons (Fsp3) is 0.250. The first-order chi connectivity index (χ1) is 13.0. The van der Waals surface area contributed by atoms with Gasteiger partial charge in [-0.05, 0) is 50.1 Å². The third-order valence-corrected chi connectivity index (χ3v) is 4.96. The fourth-order valence-electron chi connectivity index (χ4n) is 3.33. The number of imidazole rings is 1. The number of cyclic esters (lactones) is 1. The van der Waals surface area contributed by atoms with E-state index < -0.39 is 6.09 Å². The number of benzene rings is 1. The van der Waals surface area contributed by atoms with E-state index in [1.54, 1.807) is 6.07 Å². The predicted molar refractivity (Wildman–Crippen MR) is 102 cm³/mol. The molecule has 0 atom stereocenters. The molecule has 2 amide bonds. The summed E-state index contributed by atoms with van der Waals surface area (Å²) in [6, 6.07) is 9.47. The minimum atomic E-state index is -0.631. The number of imide groups is 1. The topological polar surface area (TPSA) is 75.9 Å². The molecule has 138 valence electrons. The second kappa shape index (κ2) is 6.42. The molecule has 0 spiro atoms. The van der Waals surface area contributed by atoms with E-state index in [1.165, 1.54) is 0 Å². The second-order valence-electron chi connectivity index (χ2n) is 6.61. The third-order valence-electron chi connectivity index (χ3n) is 4.96. The lowest BCUT2D eigenvalue weighted by atomic mass is 10.1. The minimum Gasteiger partial charge on any atom is -0.439 e. The van der Waals surface area contributed by atoms with Crippen molar-refractivity contribution in [2.45, 2.75) is 27.3 Å². The Morgan fingerprint density at radius 3 is 2.70 bits per heavy atom. The molecule has 0 unspecified atom stereocenters. The van der Waals surface area contributed by atoms with Crippen LogP contribution in [0.4, 0.5) is 16.2 Å². The van der Waals surface area contributed by atoms with Crippen molar-refractivity contribution in [2.75, 3.05) is 16.8 Å². The number of carbonyl (C=O) groups is 2. The van der Waals surface area contributed by atoms with Crippen LogP contribution in [-0.4, -0.2) is 28.0 Å². The van der Waals surface area contributed by atoms with Crippen molar-refractivity contribution in [3.05, 3.63) is 59.0 Å². The summed E-state index contributed by atoms with van der Waals surface area (Å²) in [5.74, 6) is -0.353. The first-order valence-electron chi connectivity index (χ1n) is 8.73. The van der Waals surface area contributed by atoms with Gasteiger partial charge in [0.25, 0.3) is 5.91 Å². The van der Waals surface area contributed by atoms with Gasteiger partial charge in [-0.2, -0.15) is 0 Å². The van der Waals surface area contributed by atoms with Gasteiger partial charge in [0.05, 0.1) is 17.1 Å². The van der Waals surface area contributed by atoms with Crippen molar-refractivity contribution in [3.63, 3.8) is 0 Å². The Bertz CT molecular complexity index is 1050. The molecular formula is C20H20N4O3. The molecule has 1 fully saturated rings. The molecule has 2 aromatic heterocycles. The maximum absolute atomic E-state index is 12.1. The molecule has 1 aliphatic heterocycles. The van der Waals surface area contributed by atoms with Gasteiger partial charge in [0.15, 0.2) is 12.3 Å². The largest absolute Gasteiger partial charge is 0.439 e. The zero-order valence-corrected chi connectivity index (χ0v) is 15.4. The van der Waals surface area contributed by atoms with Crippen LogP contribution in [-0.2, 0) is 16.1 Å². The highest BCUT2D eigenvalue weighted by Crippen LogP contribution is 2.28. The molecule has 0 radical (unpaired) electrons. The number of ether oxygens (including phenoxy) is 1. The van der Waals surface area contributed by atoms with Crippen molar-refractivity contribution in [3.8, 4) is 0 Å². The number of hydrogen-bond acceptors (Lipinski definition) is 5. The van der Waals surface area contributed by atoms with Crippen LogP contribution in [0.25, 0.3) is 5.65 Å². The maximum atomic E-state index is 12.1. The van der Waals surface area contributed by atoms with Gasteiger partial charge in [0.2, 0.25) is 0 Å². The predicted octanol–water partition coefficient (Wildman–Crippen LogP) is 3.35. The summed E-state index contributed by atoms with van der Waals surface area (Å²) in [7, 11) is 0. The van der Waals surface area contributed by atoms with E-state index in [0.717, 1.165) is 38.7 Å². The monoisotopic (exact) mass is 364 g/mol. The minimum absolute atomic E-state index is 0.217. The Morgan fingerprint density at radius 1 is 1.15 bits per heavy atom. The van der Waals surface area contributed by atoms with Gasteiger partial charge in [-0.25, -0.2) is 14.7 Å². The van der Waals surface area contributed by atoms with Gasteiger partial charge in [-0.1, -0.05) is 12.1 Å². The Kier molecular flexibility index (Phi) is 4.07. The van der Waals surface area contributed by atoms with Crippen LogP contribution >= 0.6 is 0 Å². The summed E-state index contributed by atoms with van der Waals surface area (Å²) >= 11 is 0. The number of anilines is 2. The van der Waals surface area contributed by atoms with Crippen molar-refractivity contribution in [2.24, 2.45) is 0 Å². The second-order valence-corrected chi connectivity index (χ2v) is 6.61. The molecule has 0 aliphatic carbocycles. The van der Waals surface area contributed by atoms with Crippen LogP contribution < -0.4 is 10.2 Å². The number of carbonyl (C=O) groups excluding carboxylic acids is 2. The first-order valence-corrected chi connectivity index (χ1v) is 8.73. The van der Waals surface area contributed by atoms with Crippen LogP contribution in [0.2, 0.25) is 0 Å². The van der Waals surface area contributed by atoms with E-state index in [4.69, 9.17) is 4.74 Å². The Morgan fingerprint density at radius 2 is 1.96 bits per heavy atom. The molecule has 3 heterocycles. The molecule has 7 heteroatoms. The summed E-state index contributed by atoms with van der Waals surface area (Å²) in [5.41, 5.74) is 6.21. The lowest BCUT2D eigenvalue weighted by molar-refractivity contribution is -0.117. The number of aryl methyl sites for hydroxylation is 3. The van der Waals surface area contributed by atoms with Crippen LogP contribution in [0.3, 0.4) is 0 Å². The Hall–Kier alpha value is -3.35. The van der Waals surface area contributed by atoms with E-state index in [2.05, 4.69) is 10.3 Å². The average molecular weight is 364 g/mol. The fourth-order valence-corrected chi connectivity index (χ4v) is 3.33. The molecule has 1 aliphatic rings. The number of fused-ring (bicyclic) bond motifs is 1. The lowest BCUT2D eigenvalue weighted by Crippen LogP contribution is -2.30. The van der Waals surface area contributed by atoms with Crippen molar-refractivity contribution in [1.82, 2.24) is 9.38 Å². The van der Waals surface area contributed by atoms with Gasteiger partial charge in [0, 0.05) is 18.4 Å². The van der Waals surface area contributed by atoms with Crippen molar-refractivity contribution < 1.29 is 14.3 Å². The number of rotatable bonds is 4. The Balaban J connectivity index is 1.69. The summed E-state index contributed by atoms with van der Waals surface area (Å²) in [6.45, 7) is 6.20. The maximum Gasteiger partial charge on any atom is 0.421 e. The summed E-state index contributed by atoms with van der Waals surface area (Å²) in [5, 5.41) is 3.41. The van der Waals surface area contributed by atoms with Crippen LogP contribution in [0.15, 0.2) is 36.5 Å². The highest BCUT2D eigenvalue weighted by Gasteiger charge is 2.34. The molecule has 1 saturated heterocycles. The highest BCUT2D eigenvalue weighted by atomic mass is 16.6. The van der Waals surface area contributed by atoms with E-state index in [9.17, 15) is 9.59 Å². The average Bonchev–Trinajstić information content (AvgIpc) is 3.13. The van der Waals surface area contributed by atoms with Gasteiger partial charge >= 0.3 is 6.09 Å².